The molecule has 3 aromatic rings. The lowest BCUT2D eigenvalue weighted by Gasteiger charge is -1.91. The molecule has 0 atom stereocenters. The van der Waals surface area contributed by atoms with E-state index >= 15 is 0 Å². The zero-order valence-electron chi connectivity index (χ0n) is 7.59. The van der Waals surface area contributed by atoms with Crippen molar-refractivity contribution in [2.24, 2.45) is 0 Å². The predicted octanol–water partition coefficient (Wildman–Crippen LogP) is 3.14. The normalized spacial score (nSPS) is 11.0. The number of imidazole rings is 1. The maximum absolute atomic E-state index is 6.05. The van der Waals surface area contributed by atoms with Crippen LogP contribution >= 0.6 is 22.9 Å². The molecule has 1 aromatic carbocycles. The lowest BCUT2D eigenvalue weighted by Crippen LogP contribution is -1.86. The summed E-state index contributed by atoms with van der Waals surface area (Å²) in [6.07, 6.45) is 5.32. The molecule has 0 amide bonds. The second-order valence-electron chi connectivity index (χ2n) is 3.05. The van der Waals surface area contributed by atoms with Crippen molar-refractivity contribution in [3.63, 3.8) is 0 Å². The number of halogens is 1. The summed E-state index contributed by atoms with van der Waals surface area (Å²) in [5.74, 6) is 0. The average Bonchev–Trinajstić information content (AvgIpc) is 2.86. The first kappa shape index (κ1) is 8.88. The summed E-state index contributed by atoms with van der Waals surface area (Å²) in [5, 5.41) is 1.57. The quantitative estimate of drug-likeness (QED) is 0.649. The van der Waals surface area contributed by atoms with Crippen LogP contribution in [0.5, 0.6) is 0 Å². The third kappa shape index (κ3) is 1.42. The van der Waals surface area contributed by atoms with Gasteiger partial charge in [-0.2, -0.15) is 0 Å². The van der Waals surface area contributed by atoms with Gasteiger partial charge in [-0.3, -0.25) is 4.57 Å². The first-order valence-electron chi connectivity index (χ1n) is 4.38. The first-order chi connectivity index (χ1) is 7.34. The number of fused-ring (bicyclic) bond motifs is 1. The molecule has 0 aliphatic carbocycles. The van der Waals surface area contributed by atoms with Gasteiger partial charge >= 0.3 is 0 Å². The maximum Gasteiger partial charge on any atom is 0.195 e. The number of aromatic nitrogens is 3. The molecule has 2 heterocycles. The zero-order valence-corrected chi connectivity index (χ0v) is 9.16. The molecule has 0 bridgehead atoms. The van der Waals surface area contributed by atoms with Crippen LogP contribution in [0.3, 0.4) is 0 Å². The zero-order chi connectivity index (χ0) is 10.3. The van der Waals surface area contributed by atoms with E-state index in [1.165, 1.54) is 0 Å². The van der Waals surface area contributed by atoms with Gasteiger partial charge in [-0.25, -0.2) is 9.97 Å². The Morgan fingerprint density at radius 2 is 2.27 bits per heavy atom. The fourth-order valence-corrected chi connectivity index (χ4v) is 2.60. The third-order valence-corrected chi connectivity index (χ3v) is 3.42. The van der Waals surface area contributed by atoms with E-state index in [2.05, 4.69) is 9.97 Å². The van der Waals surface area contributed by atoms with Crippen LogP contribution in [0.4, 0.5) is 0 Å². The minimum absolute atomic E-state index is 0.690. The lowest BCUT2D eigenvalue weighted by molar-refractivity contribution is 1.04. The van der Waals surface area contributed by atoms with Crippen LogP contribution in [0.15, 0.2) is 36.9 Å². The second kappa shape index (κ2) is 3.32. The van der Waals surface area contributed by atoms with Crippen molar-refractivity contribution < 1.29 is 0 Å². The van der Waals surface area contributed by atoms with Gasteiger partial charge in [0, 0.05) is 12.4 Å². The molecular weight excluding hydrogens is 230 g/mol. The van der Waals surface area contributed by atoms with Gasteiger partial charge in [-0.1, -0.05) is 29.0 Å². The molecule has 15 heavy (non-hydrogen) atoms. The van der Waals surface area contributed by atoms with Crippen LogP contribution in [-0.2, 0) is 0 Å². The van der Waals surface area contributed by atoms with E-state index in [1.807, 2.05) is 29.0 Å². The Balaban J connectivity index is 2.27. The lowest BCUT2D eigenvalue weighted by atomic mass is 10.3. The molecule has 0 N–H and O–H groups in total. The molecule has 0 aliphatic heterocycles. The fraction of sp³-hybridized carbons (Fsp3) is 0. The molecule has 0 radical (unpaired) electrons. The van der Waals surface area contributed by atoms with Gasteiger partial charge in [-0.15, -0.1) is 0 Å². The van der Waals surface area contributed by atoms with Crippen molar-refractivity contribution in [2.45, 2.75) is 0 Å². The van der Waals surface area contributed by atoms with Crippen molar-refractivity contribution in [2.75, 3.05) is 0 Å². The summed E-state index contributed by atoms with van der Waals surface area (Å²) in [7, 11) is 0. The monoisotopic (exact) mass is 235 g/mol. The molecule has 3 rings (SSSR count). The standard InChI is InChI=1S/C10H6ClN3S/c11-7-2-1-3-8-9(7)13-10(15-8)14-5-4-12-6-14/h1-6H. The van der Waals surface area contributed by atoms with Crippen LogP contribution in [-0.4, -0.2) is 14.5 Å². The Morgan fingerprint density at radius 1 is 1.33 bits per heavy atom. The highest BCUT2D eigenvalue weighted by Crippen LogP contribution is 2.29. The smallest absolute Gasteiger partial charge is 0.195 e. The number of hydrogen-bond donors (Lipinski definition) is 0. The molecular formula is C10H6ClN3S. The van der Waals surface area contributed by atoms with E-state index in [4.69, 9.17) is 11.6 Å². The molecule has 0 saturated carbocycles. The summed E-state index contributed by atoms with van der Waals surface area (Å²) in [4.78, 5) is 8.45. The van der Waals surface area contributed by atoms with Gasteiger partial charge in [0.1, 0.15) is 11.8 Å². The summed E-state index contributed by atoms with van der Waals surface area (Å²) in [6.45, 7) is 0. The van der Waals surface area contributed by atoms with E-state index in [0.717, 1.165) is 15.3 Å². The van der Waals surface area contributed by atoms with Gasteiger partial charge in [0.2, 0.25) is 0 Å². The average molecular weight is 236 g/mol. The van der Waals surface area contributed by atoms with Crippen molar-refractivity contribution in [1.82, 2.24) is 14.5 Å². The number of thiazole rings is 1. The number of rotatable bonds is 1. The van der Waals surface area contributed by atoms with E-state index in [0.29, 0.717) is 5.02 Å². The summed E-state index contributed by atoms with van der Waals surface area (Å²) >= 11 is 7.65. The van der Waals surface area contributed by atoms with Gasteiger partial charge < -0.3 is 0 Å². The SMILES string of the molecule is Clc1cccc2sc(-n3ccnc3)nc12. The Hall–Kier alpha value is -1.39. The topological polar surface area (TPSA) is 30.7 Å². The number of benzene rings is 1. The van der Waals surface area contributed by atoms with E-state index in [9.17, 15) is 0 Å². The van der Waals surface area contributed by atoms with E-state index in [1.54, 1.807) is 23.9 Å². The highest BCUT2D eigenvalue weighted by atomic mass is 35.5. The number of para-hydroxylation sites is 1. The van der Waals surface area contributed by atoms with Crippen molar-refractivity contribution in [1.29, 1.82) is 0 Å². The number of hydrogen-bond acceptors (Lipinski definition) is 3. The Morgan fingerprint density at radius 3 is 3.00 bits per heavy atom. The fourth-order valence-electron chi connectivity index (χ4n) is 1.39. The largest absolute Gasteiger partial charge is 0.282 e. The predicted molar refractivity (Wildman–Crippen MR) is 61.8 cm³/mol. The summed E-state index contributed by atoms with van der Waals surface area (Å²) < 4.78 is 2.97. The van der Waals surface area contributed by atoms with Crippen LogP contribution in [0.25, 0.3) is 15.3 Å². The van der Waals surface area contributed by atoms with E-state index < -0.39 is 0 Å². The molecule has 0 saturated heterocycles. The maximum atomic E-state index is 6.05. The van der Waals surface area contributed by atoms with Gasteiger partial charge in [0.25, 0.3) is 0 Å². The van der Waals surface area contributed by atoms with Crippen molar-refractivity contribution in [3.8, 4) is 5.13 Å². The second-order valence-corrected chi connectivity index (χ2v) is 4.47. The third-order valence-electron chi connectivity index (χ3n) is 2.08. The molecule has 0 unspecified atom stereocenters. The van der Waals surface area contributed by atoms with Crippen LogP contribution in [0.1, 0.15) is 0 Å². The Bertz CT molecular complexity index is 600. The number of nitrogens with zero attached hydrogens (tertiary/aromatic N) is 3. The molecule has 3 nitrogen and oxygen atoms in total. The molecule has 74 valence electrons. The molecule has 0 spiro atoms. The minimum atomic E-state index is 0.690. The van der Waals surface area contributed by atoms with E-state index in [-0.39, 0.29) is 0 Å². The Kier molecular flexibility index (Phi) is 1.97. The van der Waals surface area contributed by atoms with Crippen LogP contribution < -0.4 is 0 Å². The van der Waals surface area contributed by atoms with Crippen molar-refractivity contribution in [3.05, 3.63) is 41.9 Å². The van der Waals surface area contributed by atoms with Gasteiger partial charge in [0.05, 0.1) is 9.72 Å². The van der Waals surface area contributed by atoms with Crippen LogP contribution in [0.2, 0.25) is 5.02 Å². The van der Waals surface area contributed by atoms with Gasteiger partial charge in [0.15, 0.2) is 5.13 Å². The molecule has 5 heteroatoms. The minimum Gasteiger partial charge on any atom is -0.282 e. The summed E-state index contributed by atoms with van der Waals surface area (Å²) in [5.41, 5.74) is 0.855. The van der Waals surface area contributed by atoms with Gasteiger partial charge in [-0.05, 0) is 12.1 Å². The summed E-state index contributed by atoms with van der Waals surface area (Å²) in [6, 6.07) is 5.79. The highest BCUT2D eigenvalue weighted by Gasteiger charge is 2.07. The highest BCUT2D eigenvalue weighted by molar-refractivity contribution is 7.20. The first-order valence-corrected chi connectivity index (χ1v) is 5.57. The molecule has 0 aliphatic rings. The molecule has 0 fully saturated rings. The Labute approximate surface area is 95.0 Å². The molecule has 2 aromatic heterocycles. The van der Waals surface area contributed by atoms with Crippen molar-refractivity contribution >= 4 is 33.2 Å². The van der Waals surface area contributed by atoms with Crippen LogP contribution in [0, 0.1) is 0 Å².